The first-order chi connectivity index (χ1) is 18.5. The Balaban J connectivity index is 1.50. The third-order valence-corrected chi connectivity index (χ3v) is 7.38. The number of Topliss-reactive ketones (excluding diaryl/α,β-unsaturated/α-hetero) is 1. The fourth-order valence-corrected chi connectivity index (χ4v) is 5.74. The number of allylic oxidation sites excluding steroid dienone is 2. The highest BCUT2D eigenvalue weighted by Gasteiger charge is 2.34. The van der Waals surface area contributed by atoms with Gasteiger partial charge >= 0.3 is 0 Å². The second-order valence-electron chi connectivity index (χ2n) is 9.59. The third kappa shape index (κ3) is 3.12. The number of phenols is 1. The highest BCUT2D eigenvalue weighted by Crippen LogP contribution is 2.45. The van der Waals surface area contributed by atoms with Crippen molar-refractivity contribution in [3.05, 3.63) is 119 Å². The molecule has 0 radical (unpaired) electrons. The Morgan fingerprint density at radius 2 is 1.26 bits per heavy atom. The fraction of sp³-hybridized carbons (Fsp3) is 0.0303. The first kappa shape index (κ1) is 22.1. The van der Waals surface area contributed by atoms with Crippen LogP contribution in [0.5, 0.6) is 5.75 Å². The summed E-state index contributed by atoms with van der Waals surface area (Å²) in [4.78, 5) is 34.7. The highest BCUT2D eigenvalue weighted by atomic mass is 16.3. The van der Waals surface area contributed by atoms with Crippen molar-refractivity contribution in [3.8, 4) is 28.1 Å². The Labute approximate surface area is 218 Å². The van der Waals surface area contributed by atoms with Crippen LogP contribution in [0.15, 0.2) is 97.1 Å². The monoisotopic (exact) mass is 494 g/mol. The predicted octanol–water partition coefficient (Wildman–Crippen LogP) is 7.46. The molecule has 0 saturated heterocycles. The standard InChI is InChI=1S/C33H22N2O3/c1-18-28(20-11-5-7-13-24(20)34-18)23-17-27(37)30-22(15-16-26(36)31(30)33(23)38)29-21-12-6-8-14-25(21)35-32(29)19-9-3-2-4-10-19/h2-17,34-36H,1H3. The molecular weight excluding hydrogens is 472 g/mol. The number of hydrogen-bond acceptors (Lipinski definition) is 3. The topological polar surface area (TPSA) is 85.9 Å². The number of benzene rings is 4. The molecule has 7 rings (SSSR count). The number of fused-ring (bicyclic) bond motifs is 3. The van der Waals surface area contributed by atoms with Crippen molar-refractivity contribution in [1.29, 1.82) is 0 Å². The first-order valence-corrected chi connectivity index (χ1v) is 12.4. The van der Waals surface area contributed by atoms with Crippen LogP contribution in [0.4, 0.5) is 0 Å². The SMILES string of the molecule is Cc1[nH]c2ccccc2c1C1=CC(=O)c2c(-c3c(-c4ccccc4)[nH]c4ccccc34)ccc(O)c2C1=O. The van der Waals surface area contributed by atoms with Crippen LogP contribution in [0, 0.1) is 6.92 Å². The van der Waals surface area contributed by atoms with Gasteiger partial charge in [0.15, 0.2) is 11.6 Å². The summed E-state index contributed by atoms with van der Waals surface area (Å²) in [6, 6.07) is 28.7. The molecule has 0 fully saturated rings. The summed E-state index contributed by atoms with van der Waals surface area (Å²) in [5, 5.41) is 12.7. The van der Waals surface area contributed by atoms with Gasteiger partial charge in [-0.2, -0.15) is 0 Å². The Morgan fingerprint density at radius 1 is 0.632 bits per heavy atom. The molecule has 1 aliphatic carbocycles. The van der Waals surface area contributed by atoms with E-state index < -0.39 is 0 Å². The Kier molecular flexibility index (Phi) is 4.75. The van der Waals surface area contributed by atoms with Gasteiger partial charge in [-0.15, -0.1) is 0 Å². The van der Waals surface area contributed by atoms with Crippen molar-refractivity contribution < 1.29 is 14.7 Å². The van der Waals surface area contributed by atoms with Gasteiger partial charge in [0.1, 0.15) is 5.75 Å². The molecule has 2 heterocycles. The van der Waals surface area contributed by atoms with Crippen molar-refractivity contribution in [2.45, 2.75) is 6.92 Å². The van der Waals surface area contributed by atoms with Gasteiger partial charge in [-0.3, -0.25) is 9.59 Å². The molecule has 1 aliphatic rings. The molecule has 182 valence electrons. The van der Waals surface area contributed by atoms with Crippen molar-refractivity contribution >= 4 is 38.9 Å². The molecule has 3 N–H and O–H groups in total. The van der Waals surface area contributed by atoms with Crippen molar-refractivity contribution in [2.75, 3.05) is 0 Å². The number of hydrogen-bond donors (Lipinski definition) is 3. The second kappa shape index (κ2) is 8.18. The minimum Gasteiger partial charge on any atom is -0.507 e. The lowest BCUT2D eigenvalue weighted by atomic mass is 9.80. The molecule has 4 aromatic carbocycles. The van der Waals surface area contributed by atoms with E-state index in [-0.39, 0.29) is 34.0 Å². The number of aromatic hydroxyl groups is 1. The fourth-order valence-electron chi connectivity index (χ4n) is 5.74. The van der Waals surface area contributed by atoms with E-state index in [1.165, 1.54) is 12.1 Å². The van der Waals surface area contributed by atoms with E-state index in [2.05, 4.69) is 9.97 Å². The van der Waals surface area contributed by atoms with E-state index >= 15 is 0 Å². The number of aromatic nitrogens is 2. The van der Waals surface area contributed by atoms with Gasteiger partial charge in [0.2, 0.25) is 0 Å². The van der Waals surface area contributed by atoms with Crippen LogP contribution in [0.25, 0.3) is 49.8 Å². The zero-order valence-electron chi connectivity index (χ0n) is 20.5. The summed E-state index contributed by atoms with van der Waals surface area (Å²) in [6.07, 6.45) is 1.42. The van der Waals surface area contributed by atoms with Crippen LogP contribution in [-0.4, -0.2) is 26.6 Å². The zero-order valence-corrected chi connectivity index (χ0v) is 20.5. The van der Waals surface area contributed by atoms with Gasteiger partial charge in [0, 0.05) is 49.8 Å². The van der Waals surface area contributed by atoms with Crippen molar-refractivity contribution in [2.24, 2.45) is 0 Å². The van der Waals surface area contributed by atoms with Gasteiger partial charge in [-0.25, -0.2) is 0 Å². The number of aryl methyl sites for hydroxylation is 1. The van der Waals surface area contributed by atoms with E-state index in [1.54, 1.807) is 6.07 Å². The second-order valence-corrected chi connectivity index (χ2v) is 9.59. The number of H-pyrrole nitrogens is 2. The van der Waals surface area contributed by atoms with E-state index in [0.717, 1.165) is 44.3 Å². The molecule has 0 bridgehead atoms. The quantitative estimate of drug-likeness (QED) is 0.239. The summed E-state index contributed by atoms with van der Waals surface area (Å²) in [6.45, 7) is 1.89. The number of rotatable bonds is 3. The summed E-state index contributed by atoms with van der Waals surface area (Å²) in [7, 11) is 0. The zero-order chi connectivity index (χ0) is 26.0. The number of carbonyl (C=O) groups is 2. The van der Waals surface area contributed by atoms with Crippen LogP contribution < -0.4 is 0 Å². The summed E-state index contributed by atoms with van der Waals surface area (Å²) in [5.41, 5.74) is 7.07. The lowest BCUT2D eigenvalue weighted by Gasteiger charge is -2.20. The van der Waals surface area contributed by atoms with E-state index in [1.807, 2.05) is 85.8 Å². The van der Waals surface area contributed by atoms with Gasteiger partial charge < -0.3 is 15.1 Å². The van der Waals surface area contributed by atoms with Gasteiger partial charge in [-0.05, 0) is 48.4 Å². The molecule has 0 spiro atoms. The van der Waals surface area contributed by atoms with Crippen LogP contribution in [0.2, 0.25) is 0 Å². The average molecular weight is 495 g/mol. The maximum Gasteiger partial charge on any atom is 0.198 e. The largest absolute Gasteiger partial charge is 0.507 e. The molecule has 5 heteroatoms. The van der Waals surface area contributed by atoms with Crippen LogP contribution in [-0.2, 0) is 0 Å². The Hall–Kier alpha value is -5.16. The van der Waals surface area contributed by atoms with Crippen molar-refractivity contribution in [1.82, 2.24) is 9.97 Å². The highest BCUT2D eigenvalue weighted by molar-refractivity contribution is 6.42. The molecule has 0 aliphatic heterocycles. The molecular formula is C33H22N2O3. The van der Waals surface area contributed by atoms with Crippen LogP contribution >= 0.6 is 0 Å². The minimum atomic E-state index is -0.368. The summed E-state index contributed by atoms with van der Waals surface area (Å²) < 4.78 is 0. The van der Waals surface area contributed by atoms with Gasteiger partial charge in [0.25, 0.3) is 0 Å². The Bertz CT molecular complexity index is 1970. The minimum absolute atomic E-state index is 0.0407. The number of ketones is 2. The maximum atomic E-state index is 14.0. The first-order valence-electron chi connectivity index (χ1n) is 12.4. The summed E-state index contributed by atoms with van der Waals surface area (Å²) in [5.74, 6) is -0.881. The van der Waals surface area contributed by atoms with Crippen LogP contribution in [0.1, 0.15) is 32.0 Å². The lowest BCUT2D eigenvalue weighted by molar-refractivity contribution is 0.1000. The number of phenolic OH excluding ortho intramolecular Hbond substituents is 1. The molecule has 2 aromatic heterocycles. The summed E-state index contributed by atoms with van der Waals surface area (Å²) >= 11 is 0. The molecule has 0 atom stereocenters. The third-order valence-electron chi connectivity index (χ3n) is 7.38. The number of aromatic amines is 2. The molecule has 6 aromatic rings. The predicted molar refractivity (Wildman–Crippen MR) is 151 cm³/mol. The molecule has 0 amide bonds. The Morgan fingerprint density at radius 3 is 2.00 bits per heavy atom. The van der Waals surface area contributed by atoms with Gasteiger partial charge in [0.05, 0.1) is 11.3 Å². The number of nitrogens with one attached hydrogen (secondary N) is 2. The smallest absolute Gasteiger partial charge is 0.198 e. The van der Waals surface area contributed by atoms with E-state index in [0.29, 0.717) is 11.1 Å². The average Bonchev–Trinajstić information content (AvgIpc) is 3.48. The normalized spacial score (nSPS) is 13.2. The number of para-hydroxylation sites is 2. The lowest BCUT2D eigenvalue weighted by Crippen LogP contribution is -2.18. The van der Waals surface area contributed by atoms with E-state index in [9.17, 15) is 14.7 Å². The van der Waals surface area contributed by atoms with Gasteiger partial charge in [-0.1, -0.05) is 66.7 Å². The molecule has 0 saturated carbocycles. The van der Waals surface area contributed by atoms with Crippen LogP contribution in [0.3, 0.4) is 0 Å². The number of carbonyl (C=O) groups excluding carboxylic acids is 2. The molecule has 5 nitrogen and oxygen atoms in total. The maximum absolute atomic E-state index is 14.0. The van der Waals surface area contributed by atoms with E-state index in [4.69, 9.17) is 0 Å². The van der Waals surface area contributed by atoms with Crippen molar-refractivity contribution in [3.63, 3.8) is 0 Å². The molecule has 38 heavy (non-hydrogen) atoms. The molecule has 0 unspecified atom stereocenters.